The second kappa shape index (κ2) is 8.28. The zero-order valence-corrected chi connectivity index (χ0v) is 16.0. The van der Waals surface area contributed by atoms with E-state index in [0.717, 1.165) is 16.1 Å². The number of carbonyl (C=O) groups excluding carboxylic acids is 1. The minimum Gasteiger partial charge on any atom is -0.325 e. The minimum atomic E-state index is -0.488. The molecule has 0 saturated carbocycles. The van der Waals surface area contributed by atoms with Crippen molar-refractivity contribution in [3.05, 3.63) is 84.8 Å². The molecule has 0 radical (unpaired) electrons. The van der Waals surface area contributed by atoms with Gasteiger partial charge in [-0.3, -0.25) is 14.9 Å². The number of rotatable bonds is 6. The van der Waals surface area contributed by atoms with Crippen molar-refractivity contribution < 1.29 is 9.72 Å². The highest BCUT2D eigenvalue weighted by Crippen LogP contribution is 2.22. The fourth-order valence-corrected chi connectivity index (χ4v) is 3.59. The van der Waals surface area contributed by atoms with Gasteiger partial charge in [0.25, 0.3) is 5.69 Å². The van der Waals surface area contributed by atoms with Crippen LogP contribution < -0.4 is 5.32 Å². The van der Waals surface area contributed by atoms with E-state index in [2.05, 4.69) is 10.3 Å². The first kappa shape index (κ1) is 19.0. The quantitative estimate of drug-likeness (QED) is 0.475. The van der Waals surface area contributed by atoms with E-state index < -0.39 is 4.92 Å². The lowest BCUT2D eigenvalue weighted by Gasteiger charge is -2.07. The number of anilines is 1. The second-order valence-electron chi connectivity index (χ2n) is 6.02. The van der Waals surface area contributed by atoms with Crippen LogP contribution in [0.4, 0.5) is 11.4 Å². The summed E-state index contributed by atoms with van der Waals surface area (Å²) >= 11 is 7.48. The summed E-state index contributed by atoms with van der Waals surface area (Å²) in [5.41, 5.74) is 2.85. The third-order valence-corrected chi connectivity index (χ3v) is 5.02. The average Bonchev–Trinajstić information content (AvgIpc) is 3.03. The number of hydrogen-bond donors (Lipinski definition) is 1. The number of nitro groups is 1. The summed E-state index contributed by atoms with van der Waals surface area (Å²) < 4.78 is 0. The van der Waals surface area contributed by atoms with Gasteiger partial charge in [0.15, 0.2) is 0 Å². The molecule has 1 N–H and O–H groups in total. The molecule has 8 heteroatoms. The lowest BCUT2D eigenvalue weighted by atomic mass is 10.1. The molecule has 3 rings (SSSR count). The molecule has 6 nitrogen and oxygen atoms in total. The number of benzene rings is 2. The fraction of sp³-hybridized carbons (Fsp3) is 0.158. The Morgan fingerprint density at radius 3 is 2.85 bits per heavy atom. The normalized spacial score (nSPS) is 10.6. The van der Waals surface area contributed by atoms with Crippen molar-refractivity contribution in [3.8, 4) is 0 Å². The largest absolute Gasteiger partial charge is 0.325 e. The van der Waals surface area contributed by atoms with E-state index in [4.69, 9.17) is 11.6 Å². The zero-order chi connectivity index (χ0) is 19.4. The van der Waals surface area contributed by atoms with E-state index in [9.17, 15) is 14.9 Å². The van der Waals surface area contributed by atoms with Gasteiger partial charge in [0.2, 0.25) is 5.91 Å². The Kier molecular flexibility index (Phi) is 5.83. The fourth-order valence-electron chi connectivity index (χ4n) is 2.55. The lowest BCUT2D eigenvalue weighted by molar-refractivity contribution is -0.384. The Labute approximate surface area is 165 Å². The molecule has 1 heterocycles. The van der Waals surface area contributed by atoms with Crippen LogP contribution in [0.25, 0.3) is 0 Å². The molecule has 1 amide bonds. The van der Waals surface area contributed by atoms with Gasteiger partial charge in [0.05, 0.1) is 27.7 Å². The molecular formula is C19H16ClN3O3S. The lowest BCUT2D eigenvalue weighted by Crippen LogP contribution is -2.15. The molecule has 0 aliphatic rings. The Bertz CT molecular complexity index is 1000. The number of hydrogen-bond acceptors (Lipinski definition) is 5. The average molecular weight is 402 g/mol. The number of amides is 1. The van der Waals surface area contributed by atoms with Crippen molar-refractivity contribution in [2.75, 3.05) is 5.32 Å². The number of aromatic nitrogens is 1. The maximum Gasteiger partial charge on any atom is 0.271 e. The van der Waals surface area contributed by atoms with Crippen molar-refractivity contribution in [2.24, 2.45) is 0 Å². The van der Waals surface area contributed by atoms with Crippen LogP contribution in [0, 0.1) is 17.0 Å². The molecule has 138 valence electrons. The number of nitro benzene ring substituents is 1. The summed E-state index contributed by atoms with van der Waals surface area (Å²) in [6.45, 7) is 1.78. The molecule has 2 aromatic carbocycles. The Morgan fingerprint density at radius 2 is 2.11 bits per heavy atom. The van der Waals surface area contributed by atoms with E-state index in [-0.39, 0.29) is 18.0 Å². The van der Waals surface area contributed by atoms with Gasteiger partial charge < -0.3 is 5.32 Å². The van der Waals surface area contributed by atoms with Crippen LogP contribution in [-0.4, -0.2) is 15.8 Å². The number of non-ortho nitro benzene ring substituents is 1. The molecular weight excluding hydrogens is 386 g/mol. The van der Waals surface area contributed by atoms with E-state index in [1.54, 1.807) is 13.0 Å². The third-order valence-electron chi connectivity index (χ3n) is 3.89. The predicted molar refractivity (Wildman–Crippen MR) is 107 cm³/mol. The number of nitrogens with zero attached hydrogens (tertiary/aromatic N) is 2. The molecule has 0 atom stereocenters. The van der Waals surface area contributed by atoms with Gasteiger partial charge in [-0.1, -0.05) is 29.8 Å². The van der Waals surface area contributed by atoms with Gasteiger partial charge in [0, 0.05) is 29.0 Å². The smallest absolute Gasteiger partial charge is 0.271 e. The van der Waals surface area contributed by atoms with E-state index in [1.807, 2.05) is 29.6 Å². The van der Waals surface area contributed by atoms with Gasteiger partial charge in [-0.05, 0) is 30.2 Å². The van der Waals surface area contributed by atoms with Crippen molar-refractivity contribution in [1.29, 1.82) is 0 Å². The number of nitrogens with one attached hydrogen (secondary N) is 1. The highest BCUT2D eigenvalue weighted by atomic mass is 35.5. The minimum absolute atomic E-state index is 0.0617. The third kappa shape index (κ3) is 5.12. The number of aryl methyl sites for hydroxylation is 1. The van der Waals surface area contributed by atoms with Crippen LogP contribution in [0.15, 0.2) is 47.8 Å². The van der Waals surface area contributed by atoms with Crippen LogP contribution in [0.5, 0.6) is 0 Å². The van der Waals surface area contributed by atoms with Crippen LogP contribution in [-0.2, 0) is 17.6 Å². The van der Waals surface area contributed by atoms with E-state index in [0.29, 0.717) is 22.8 Å². The van der Waals surface area contributed by atoms with Gasteiger partial charge in [0.1, 0.15) is 0 Å². The molecule has 3 aromatic rings. The monoisotopic (exact) mass is 401 g/mol. The molecule has 0 bridgehead atoms. The van der Waals surface area contributed by atoms with Gasteiger partial charge in [-0.15, -0.1) is 11.3 Å². The van der Waals surface area contributed by atoms with Crippen molar-refractivity contribution in [3.63, 3.8) is 0 Å². The topological polar surface area (TPSA) is 85.1 Å². The second-order valence-corrected chi connectivity index (χ2v) is 7.40. The summed E-state index contributed by atoms with van der Waals surface area (Å²) in [4.78, 5) is 27.2. The Hall–Kier alpha value is -2.77. The first-order chi connectivity index (χ1) is 12.9. The van der Waals surface area contributed by atoms with E-state index in [1.165, 1.54) is 23.5 Å². The maximum atomic E-state index is 12.3. The highest BCUT2D eigenvalue weighted by molar-refractivity contribution is 7.09. The van der Waals surface area contributed by atoms with E-state index >= 15 is 0 Å². The Morgan fingerprint density at radius 1 is 1.30 bits per heavy atom. The summed E-state index contributed by atoms with van der Waals surface area (Å²) in [7, 11) is 0. The van der Waals surface area contributed by atoms with Crippen molar-refractivity contribution in [2.45, 2.75) is 19.8 Å². The summed E-state index contributed by atoms with van der Waals surface area (Å²) in [6.07, 6.45) is 0.755. The first-order valence-corrected chi connectivity index (χ1v) is 9.39. The van der Waals surface area contributed by atoms with Gasteiger partial charge in [-0.25, -0.2) is 4.98 Å². The van der Waals surface area contributed by atoms with Crippen LogP contribution in [0.3, 0.4) is 0 Å². The van der Waals surface area contributed by atoms with Crippen LogP contribution in [0.2, 0.25) is 5.02 Å². The predicted octanol–water partition coefficient (Wildman–Crippen LogP) is 4.79. The zero-order valence-electron chi connectivity index (χ0n) is 14.4. The highest BCUT2D eigenvalue weighted by Gasteiger charge is 2.13. The molecule has 1 aromatic heterocycles. The molecule has 0 unspecified atom stereocenters. The SMILES string of the molecule is Cc1ccc([N+](=O)[O-])cc1NC(=O)Cc1csc(Cc2cccc(Cl)c2)n1. The van der Waals surface area contributed by atoms with Crippen LogP contribution >= 0.6 is 22.9 Å². The molecule has 27 heavy (non-hydrogen) atoms. The molecule has 0 aliphatic heterocycles. The molecule has 0 spiro atoms. The van der Waals surface area contributed by atoms with Crippen molar-refractivity contribution >= 4 is 40.2 Å². The summed E-state index contributed by atoms with van der Waals surface area (Å²) in [5, 5.41) is 17.0. The van der Waals surface area contributed by atoms with Crippen molar-refractivity contribution in [1.82, 2.24) is 4.98 Å². The van der Waals surface area contributed by atoms with Gasteiger partial charge >= 0.3 is 0 Å². The first-order valence-electron chi connectivity index (χ1n) is 8.13. The maximum absolute atomic E-state index is 12.3. The summed E-state index contributed by atoms with van der Waals surface area (Å²) in [5.74, 6) is -0.266. The number of thiazole rings is 1. The van der Waals surface area contributed by atoms with Gasteiger partial charge in [-0.2, -0.15) is 0 Å². The molecule has 0 saturated heterocycles. The number of carbonyl (C=O) groups is 1. The Balaban J connectivity index is 1.64. The molecule has 0 aliphatic carbocycles. The molecule has 0 fully saturated rings. The summed E-state index contributed by atoms with van der Waals surface area (Å²) in [6, 6.07) is 12.0. The van der Waals surface area contributed by atoms with Crippen LogP contribution in [0.1, 0.15) is 21.8 Å². The number of halogens is 1. The standard InChI is InChI=1S/C19H16ClN3O3S/c1-12-5-6-16(23(25)26)10-17(12)22-18(24)9-15-11-27-19(21-15)8-13-3-2-4-14(20)7-13/h2-7,10-11H,8-9H2,1H3,(H,22,24).